The predicted octanol–water partition coefficient (Wildman–Crippen LogP) is -17.8. The maximum Gasteiger partial charge on any atom is 0.187 e. The second kappa shape index (κ2) is 32.1. The van der Waals surface area contributed by atoms with Crippen molar-refractivity contribution in [2.45, 2.75) is 270 Å². The van der Waals surface area contributed by atoms with Crippen LogP contribution >= 0.6 is 0 Å². The highest BCUT2D eigenvalue weighted by Crippen LogP contribution is 2.41. The van der Waals surface area contributed by atoms with Crippen LogP contribution < -0.4 is 0 Å². The van der Waals surface area contributed by atoms with Crippen LogP contribution in [0, 0.1) is 45.3 Å². The molecule has 24 N–H and O–H groups in total. The number of aliphatic hydroxyl groups is 24. The average Bonchev–Trinajstić information content (AvgIpc) is 0.771. The molecule has 0 radical (unpaired) electrons. The Morgan fingerprint density at radius 1 is 0.208 bits per heavy atom. The zero-order valence-electron chi connectivity index (χ0n) is 49.3. The molecule has 28 saturated heterocycles. The van der Waals surface area contributed by atoms with Crippen LogP contribution in [0.1, 0.15) is 0 Å². The Balaban J connectivity index is 0.000000225. The predicted molar refractivity (Wildman–Crippen MR) is 279 cm³/mol. The van der Waals surface area contributed by atoms with E-state index >= 15 is 0 Å². The molecule has 0 aliphatic carbocycles. The van der Waals surface area contributed by atoms with Gasteiger partial charge >= 0.3 is 0 Å². The van der Waals surface area contributed by atoms with E-state index in [9.17, 15) is 144 Å². The number of aliphatic hydroxyl groups excluding tert-OH is 24. The molecule has 44 heteroatoms. The van der Waals surface area contributed by atoms with Crippen molar-refractivity contribution in [2.24, 2.45) is 0 Å². The third-order valence-electron chi connectivity index (χ3n) is 17.7. The Kier molecular flexibility index (Phi) is 25.6. The summed E-state index contributed by atoms with van der Waals surface area (Å²) in [6, 6.07) is 5.80. The fraction of sp³-hybridized carbons (Fsp3) is 0.923. The lowest BCUT2D eigenvalue weighted by molar-refractivity contribution is -0.406. The molecule has 28 aliphatic rings. The first-order valence-corrected chi connectivity index (χ1v) is 29.7. The molecule has 0 aromatic heterocycles. The van der Waals surface area contributed by atoms with Crippen molar-refractivity contribution in [3.63, 3.8) is 0 Å². The van der Waals surface area contributed by atoms with Gasteiger partial charge in [0.05, 0.1) is 50.7 Å². The molecule has 28 fully saturated rings. The Labute approximate surface area is 539 Å². The van der Waals surface area contributed by atoms with Gasteiger partial charge in [0.1, 0.15) is 195 Å². The van der Waals surface area contributed by atoms with E-state index in [1.165, 1.54) is 24.3 Å². The molecule has 544 valence electrons. The number of hydrogen-bond acceptors (Lipinski definition) is 44. The molecule has 44 unspecified atom stereocenters. The van der Waals surface area contributed by atoms with Crippen molar-refractivity contribution in [1.29, 1.82) is 21.0 Å². The third-order valence-corrected chi connectivity index (χ3v) is 17.7. The van der Waals surface area contributed by atoms with Crippen molar-refractivity contribution < 1.29 is 198 Å². The zero-order valence-corrected chi connectivity index (χ0v) is 49.3. The molecule has 28 rings (SSSR count). The smallest absolute Gasteiger partial charge is 0.187 e. The monoisotopic (exact) mass is 1400 g/mol. The van der Waals surface area contributed by atoms with Gasteiger partial charge in [0.25, 0.3) is 0 Å². The molecule has 16 bridgehead atoms. The number of rotatable bonds is 8. The highest BCUT2D eigenvalue weighted by Gasteiger charge is 2.62. The Morgan fingerprint density at radius 2 is 0.344 bits per heavy atom. The van der Waals surface area contributed by atoms with Gasteiger partial charge in [0, 0.05) is 0 Å². The summed E-state index contributed by atoms with van der Waals surface area (Å²) >= 11 is 0. The molecular weight excluding hydrogens is 1320 g/mol. The van der Waals surface area contributed by atoms with Crippen LogP contribution in [-0.4, -0.2) is 419 Å². The minimum Gasteiger partial charge on any atom is -0.394 e. The van der Waals surface area contributed by atoms with Gasteiger partial charge in [-0.15, -0.1) is 0 Å². The van der Waals surface area contributed by atoms with Crippen molar-refractivity contribution >= 4 is 0 Å². The summed E-state index contributed by atoms with van der Waals surface area (Å²) in [5.74, 6) is 0. The summed E-state index contributed by atoms with van der Waals surface area (Å²) < 4.78 is 88.9. The molecule has 96 heavy (non-hydrogen) atoms. The average molecular weight is 1400 g/mol. The molecular formula is C52H76N4O40. The second-order valence-corrected chi connectivity index (χ2v) is 23.7. The molecule has 0 aromatic carbocycles. The lowest BCUT2D eigenvalue weighted by Crippen LogP contribution is -2.69. The topological polar surface area (TPSA) is 728 Å². The first-order chi connectivity index (χ1) is 45.5. The summed E-state index contributed by atoms with van der Waals surface area (Å²) in [7, 11) is 0. The van der Waals surface area contributed by atoms with E-state index in [-0.39, 0.29) is 0 Å². The van der Waals surface area contributed by atoms with Crippen molar-refractivity contribution in [3.05, 3.63) is 0 Å². The summed E-state index contributed by atoms with van der Waals surface area (Å²) in [6.07, 6.45) is -87.1. The maximum absolute atomic E-state index is 11.0. The van der Waals surface area contributed by atoms with Gasteiger partial charge in [0.2, 0.25) is 0 Å². The molecule has 0 saturated carbocycles. The Hall–Kier alpha value is -3.64. The molecule has 44 atom stereocenters. The van der Waals surface area contributed by atoms with E-state index in [2.05, 4.69) is 0 Å². The summed E-state index contributed by atoms with van der Waals surface area (Å²) in [6.45, 7) is -3.85. The van der Waals surface area contributed by atoms with E-state index in [0.29, 0.717) is 0 Å². The van der Waals surface area contributed by atoms with Crippen molar-refractivity contribution in [2.75, 3.05) is 26.4 Å². The van der Waals surface area contributed by atoms with Crippen LogP contribution in [0.15, 0.2) is 0 Å². The standard InChI is InChI=1S/2C26H38N2O20/c2*27-1-5(31)17-21-11(35)15(39)25(43-17)45-19-7(3-29)42-24(14(38)10(19)34)48-22-12(36)16(40)26(44-18(22)6(32)2-28)46-20-8(4-30)41-23(47-21)13(37)9(20)33/h2*5-26,29-40H,3-4H2. The van der Waals surface area contributed by atoms with Gasteiger partial charge in [-0.1, -0.05) is 0 Å². The normalized spacial score (nSPS) is 52.7. The Morgan fingerprint density at radius 3 is 0.490 bits per heavy atom. The molecule has 28 heterocycles. The largest absolute Gasteiger partial charge is 0.394 e. The van der Waals surface area contributed by atoms with Gasteiger partial charge in [0.15, 0.2) is 74.7 Å². The number of nitrogens with zero attached hydrogens (tertiary/aromatic N) is 4. The number of nitriles is 4. The zero-order chi connectivity index (χ0) is 70.4. The maximum atomic E-state index is 11.0. The van der Waals surface area contributed by atoms with Gasteiger partial charge in [-0.25, -0.2) is 0 Å². The Bertz CT molecular complexity index is 2340. The van der Waals surface area contributed by atoms with E-state index in [1.54, 1.807) is 0 Å². The third kappa shape index (κ3) is 14.9. The lowest BCUT2D eigenvalue weighted by Gasteiger charge is -2.51. The fourth-order valence-corrected chi connectivity index (χ4v) is 12.4. The second-order valence-electron chi connectivity index (χ2n) is 23.7. The van der Waals surface area contributed by atoms with E-state index < -0.39 is 296 Å². The quantitative estimate of drug-likeness (QED) is 0.100. The lowest BCUT2D eigenvalue weighted by atomic mass is 9.93. The summed E-state index contributed by atoms with van der Waals surface area (Å²) in [5, 5.41) is 295. The van der Waals surface area contributed by atoms with Gasteiger partial charge < -0.3 is 198 Å². The molecule has 0 spiro atoms. The van der Waals surface area contributed by atoms with Crippen LogP contribution in [0.25, 0.3) is 0 Å². The minimum atomic E-state index is -2.12. The number of hydrogen-bond donors (Lipinski definition) is 24. The summed E-state index contributed by atoms with van der Waals surface area (Å²) in [4.78, 5) is 0. The first kappa shape index (κ1) is 76.5. The molecule has 0 aromatic rings. The van der Waals surface area contributed by atoms with E-state index in [0.717, 1.165) is 0 Å². The van der Waals surface area contributed by atoms with Crippen LogP contribution in [0.4, 0.5) is 0 Å². The summed E-state index contributed by atoms with van der Waals surface area (Å²) in [5.41, 5.74) is 0. The van der Waals surface area contributed by atoms with Gasteiger partial charge in [-0.3, -0.25) is 0 Å². The highest BCUT2D eigenvalue weighted by molar-refractivity contribution is 5.08. The number of ether oxygens (including phenoxy) is 16. The highest BCUT2D eigenvalue weighted by atomic mass is 16.8. The van der Waals surface area contributed by atoms with Gasteiger partial charge in [-0.2, -0.15) is 21.0 Å². The van der Waals surface area contributed by atoms with Crippen LogP contribution in [0.3, 0.4) is 0 Å². The van der Waals surface area contributed by atoms with E-state index in [1.807, 2.05) is 0 Å². The molecule has 0 amide bonds. The fourth-order valence-electron chi connectivity index (χ4n) is 12.4. The van der Waals surface area contributed by atoms with E-state index in [4.69, 9.17) is 75.8 Å². The van der Waals surface area contributed by atoms with Crippen LogP contribution in [-0.2, 0) is 75.8 Å². The first-order valence-electron chi connectivity index (χ1n) is 29.7. The van der Waals surface area contributed by atoms with Crippen LogP contribution in [0.2, 0.25) is 0 Å². The molecule has 28 aliphatic heterocycles. The van der Waals surface area contributed by atoms with Crippen molar-refractivity contribution in [3.8, 4) is 24.3 Å². The SMILES string of the molecule is N#CC(O)C1OC2OC3C(CO)OC(OC4C(O)C(O)C(OC5C(CO)OC(OC1C(O)C2O)C(O)C5O)OC4C(O)C#N)C(O)C3O.N#CC(O)C1OC2OC3C(CO)OC(OC4C(O)C(O)C(OC5C(CO)OC(OC1C(O)C2O)C(O)C5O)OC4C(O)C#N)C(O)C3O. The minimum absolute atomic E-state index is 0.963. The van der Waals surface area contributed by atoms with Crippen LogP contribution in [0.5, 0.6) is 0 Å². The van der Waals surface area contributed by atoms with Gasteiger partial charge in [-0.05, 0) is 0 Å². The molecule has 44 nitrogen and oxygen atoms in total. The van der Waals surface area contributed by atoms with Crippen molar-refractivity contribution in [1.82, 2.24) is 0 Å².